The second-order valence-corrected chi connectivity index (χ2v) is 7.21. The zero-order valence-corrected chi connectivity index (χ0v) is 16.2. The van der Waals surface area contributed by atoms with Crippen LogP contribution in [0.4, 0.5) is 0 Å². The van der Waals surface area contributed by atoms with Crippen molar-refractivity contribution in [2.45, 2.75) is 6.92 Å². The topological polar surface area (TPSA) is 104 Å². The average molecular weight is 400 g/mol. The number of carbonyl (C=O) groups is 2. The number of benzene rings is 1. The summed E-state index contributed by atoms with van der Waals surface area (Å²) in [5.41, 5.74) is 2.47. The maximum atomic E-state index is 12.4. The summed E-state index contributed by atoms with van der Waals surface area (Å²) in [7, 11) is 0. The lowest BCUT2D eigenvalue weighted by Crippen LogP contribution is -2.50. The Balaban J connectivity index is 1.22. The summed E-state index contributed by atoms with van der Waals surface area (Å²) in [6, 6.07) is 6.98. The number of rotatable bonds is 5. The van der Waals surface area contributed by atoms with Crippen LogP contribution in [0.25, 0.3) is 11.0 Å². The van der Waals surface area contributed by atoms with Crippen LogP contribution in [0.1, 0.15) is 26.6 Å². The third-order valence-electron chi connectivity index (χ3n) is 4.74. The quantitative estimate of drug-likeness (QED) is 0.686. The van der Waals surface area contributed by atoms with Crippen molar-refractivity contribution in [1.82, 2.24) is 29.0 Å². The molecule has 4 rings (SSSR count). The fourth-order valence-electron chi connectivity index (χ4n) is 3.16. The number of amides is 2. The minimum absolute atomic E-state index is 0.100. The van der Waals surface area contributed by atoms with Crippen LogP contribution in [0.5, 0.6) is 0 Å². The van der Waals surface area contributed by atoms with E-state index in [0.29, 0.717) is 36.7 Å². The van der Waals surface area contributed by atoms with Crippen molar-refractivity contribution in [2.75, 3.05) is 39.3 Å². The number of aryl methyl sites for hydroxylation is 1. The van der Waals surface area contributed by atoms with Gasteiger partial charge in [0.15, 0.2) is 5.69 Å². The van der Waals surface area contributed by atoms with Gasteiger partial charge in [0.2, 0.25) is 0 Å². The van der Waals surface area contributed by atoms with Gasteiger partial charge < -0.3 is 14.7 Å². The zero-order chi connectivity index (χ0) is 19.5. The summed E-state index contributed by atoms with van der Waals surface area (Å²) in [4.78, 5) is 28.7. The molecular weight excluding hydrogens is 380 g/mol. The van der Waals surface area contributed by atoms with E-state index in [0.717, 1.165) is 42.4 Å². The molecular formula is C18H20N6O3S. The summed E-state index contributed by atoms with van der Waals surface area (Å²) in [6.45, 7) is 5.82. The third-order valence-corrected chi connectivity index (χ3v) is 5.29. The van der Waals surface area contributed by atoms with Crippen LogP contribution in [-0.4, -0.2) is 74.8 Å². The molecule has 0 saturated carbocycles. The molecule has 1 aromatic carbocycles. The van der Waals surface area contributed by atoms with E-state index in [1.54, 1.807) is 36.1 Å². The second-order valence-electron chi connectivity index (χ2n) is 6.68. The van der Waals surface area contributed by atoms with Gasteiger partial charge in [-0.3, -0.25) is 14.5 Å². The van der Waals surface area contributed by atoms with Crippen molar-refractivity contribution in [3.63, 3.8) is 0 Å². The number of nitrogens with one attached hydrogen (secondary N) is 1. The standard InChI is InChI=1S/C18H20N6O3S/c1-12-10-16(20-27-12)18(26)24-8-6-23(7-9-24)5-4-19-17(25)13-2-3-14-15(11-13)22-28-21-14/h2-3,10-11H,4-9H2,1H3,(H,19,25). The molecule has 0 radical (unpaired) electrons. The van der Waals surface area contributed by atoms with Crippen LogP contribution >= 0.6 is 11.7 Å². The highest BCUT2D eigenvalue weighted by atomic mass is 32.1. The molecule has 2 amide bonds. The predicted octanol–water partition coefficient (Wildman–Crippen LogP) is 1.18. The molecule has 28 heavy (non-hydrogen) atoms. The Labute approximate surface area is 165 Å². The first kappa shape index (κ1) is 18.5. The van der Waals surface area contributed by atoms with Crippen molar-refractivity contribution in [3.05, 3.63) is 41.3 Å². The van der Waals surface area contributed by atoms with Crippen molar-refractivity contribution < 1.29 is 14.1 Å². The number of carbonyl (C=O) groups excluding carboxylic acids is 2. The maximum absolute atomic E-state index is 12.4. The van der Waals surface area contributed by atoms with Gasteiger partial charge in [0.25, 0.3) is 11.8 Å². The molecule has 0 atom stereocenters. The number of hydrogen-bond acceptors (Lipinski definition) is 8. The highest BCUT2D eigenvalue weighted by molar-refractivity contribution is 7.00. The van der Waals surface area contributed by atoms with E-state index in [1.165, 1.54) is 0 Å². The van der Waals surface area contributed by atoms with Crippen molar-refractivity contribution >= 4 is 34.6 Å². The molecule has 2 aromatic heterocycles. The van der Waals surface area contributed by atoms with E-state index in [2.05, 4.69) is 24.1 Å². The van der Waals surface area contributed by atoms with Gasteiger partial charge in [-0.1, -0.05) is 5.16 Å². The molecule has 0 aliphatic carbocycles. The Morgan fingerprint density at radius 3 is 2.68 bits per heavy atom. The Bertz CT molecular complexity index is 992. The van der Waals surface area contributed by atoms with Crippen LogP contribution in [-0.2, 0) is 0 Å². The van der Waals surface area contributed by atoms with Gasteiger partial charge in [-0.05, 0) is 25.1 Å². The van der Waals surface area contributed by atoms with Crippen LogP contribution in [0.2, 0.25) is 0 Å². The van der Waals surface area contributed by atoms with Crippen molar-refractivity contribution in [3.8, 4) is 0 Å². The molecule has 1 aliphatic rings. The summed E-state index contributed by atoms with van der Waals surface area (Å²) in [6.07, 6.45) is 0. The minimum Gasteiger partial charge on any atom is -0.361 e. The maximum Gasteiger partial charge on any atom is 0.276 e. The Morgan fingerprint density at radius 1 is 1.14 bits per heavy atom. The fourth-order valence-corrected chi connectivity index (χ4v) is 3.67. The lowest BCUT2D eigenvalue weighted by atomic mass is 10.2. The molecule has 0 bridgehead atoms. The highest BCUT2D eigenvalue weighted by Gasteiger charge is 2.24. The molecule has 9 nitrogen and oxygen atoms in total. The average Bonchev–Trinajstić information content (AvgIpc) is 3.36. The molecule has 10 heteroatoms. The largest absolute Gasteiger partial charge is 0.361 e. The van der Waals surface area contributed by atoms with Gasteiger partial charge in [0, 0.05) is 50.9 Å². The third kappa shape index (κ3) is 4.02. The van der Waals surface area contributed by atoms with Crippen molar-refractivity contribution in [1.29, 1.82) is 0 Å². The molecule has 0 spiro atoms. The van der Waals surface area contributed by atoms with Crippen LogP contribution in [0, 0.1) is 6.92 Å². The van der Waals surface area contributed by atoms with Gasteiger partial charge in [-0.15, -0.1) is 0 Å². The Kier molecular flexibility index (Phi) is 5.31. The molecule has 3 aromatic rings. The monoisotopic (exact) mass is 400 g/mol. The highest BCUT2D eigenvalue weighted by Crippen LogP contribution is 2.13. The molecule has 3 heterocycles. The first-order chi connectivity index (χ1) is 13.6. The van der Waals surface area contributed by atoms with E-state index >= 15 is 0 Å². The first-order valence-electron chi connectivity index (χ1n) is 9.05. The fraction of sp³-hybridized carbons (Fsp3) is 0.389. The van der Waals surface area contributed by atoms with Gasteiger partial charge in [0.1, 0.15) is 16.8 Å². The number of piperazine rings is 1. The molecule has 1 saturated heterocycles. The van der Waals surface area contributed by atoms with Crippen LogP contribution < -0.4 is 5.32 Å². The molecule has 1 aliphatic heterocycles. The smallest absolute Gasteiger partial charge is 0.276 e. The SMILES string of the molecule is Cc1cc(C(=O)N2CCN(CCNC(=O)c3ccc4nsnc4c3)CC2)no1. The number of fused-ring (bicyclic) bond motifs is 1. The van der Waals surface area contributed by atoms with Crippen LogP contribution in [0.3, 0.4) is 0 Å². The molecule has 0 unspecified atom stereocenters. The van der Waals surface area contributed by atoms with Crippen LogP contribution in [0.15, 0.2) is 28.8 Å². The Morgan fingerprint density at radius 2 is 1.93 bits per heavy atom. The van der Waals surface area contributed by atoms with E-state index < -0.39 is 0 Å². The number of aromatic nitrogens is 3. The van der Waals surface area contributed by atoms with Crippen molar-refractivity contribution in [2.24, 2.45) is 0 Å². The number of nitrogens with zero attached hydrogens (tertiary/aromatic N) is 5. The molecule has 1 N–H and O–H groups in total. The lowest BCUT2D eigenvalue weighted by molar-refractivity contribution is 0.0628. The summed E-state index contributed by atoms with van der Waals surface area (Å²) in [5.74, 6) is 0.407. The van der Waals surface area contributed by atoms with Gasteiger partial charge in [-0.25, -0.2) is 0 Å². The Hall–Kier alpha value is -2.85. The van der Waals surface area contributed by atoms with Gasteiger partial charge >= 0.3 is 0 Å². The van der Waals surface area contributed by atoms with Gasteiger partial charge in [0.05, 0.1) is 11.7 Å². The lowest BCUT2D eigenvalue weighted by Gasteiger charge is -2.34. The molecule has 146 valence electrons. The zero-order valence-electron chi connectivity index (χ0n) is 15.4. The summed E-state index contributed by atoms with van der Waals surface area (Å²) in [5, 5.41) is 6.73. The first-order valence-corrected chi connectivity index (χ1v) is 9.78. The predicted molar refractivity (Wildman–Crippen MR) is 103 cm³/mol. The van der Waals surface area contributed by atoms with E-state index in [1.807, 2.05) is 0 Å². The molecule has 1 fully saturated rings. The van der Waals surface area contributed by atoms with E-state index in [-0.39, 0.29) is 11.8 Å². The second kappa shape index (κ2) is 8.03. The normalized spacial score (nSPS) is 15.1. The van der Waals surface area contributed by atoms with E-state index in [9.17, 15) is 9.59 Å². The summed E-state index contributed by atoms with van der Waals surface area (Å²) < 4.78 is 13.3. The minimum atomic E-state index is -0.120. The number of hydrogen-bond donors (Lipinski definition) is 1. The van der Waals surface area contributed by atoms with E-state index in [4.69, 9.17) is 4.52 Å². The van der Waals surface area contributed by atoms with Gasteiger partial charge in [-0.2, -0.15) is 8.75 Å². The summed E-state index contributed by atoms with van der Waals surface area (Å²) >= 11 is 1.14.